The zero-order valence-corrected chi connectivity index (χ0v) is 11.5. The lowest BCUT2D eigenvalue weighted by molar-refractivity contribution is -0.142. The van der Waals surface area contributed by atoms with Gasteiger partial charge in [0.25, 0.3) is 0 Å². The molecule has 0 aliphatic carbocycles. The van der Waals surface area contributed by atoms with Crippen LogP contribution in [-0.2, 0) is 14.9 Å². The molecule has 1 aromatic carbocycles. The van der Waals surface area contributed by atoms with Crippen molar-refractivity contribution in [3.8, 4) is 0 Å². The first-order chi connectivity index (χ1) is 7.36. The summed E-state index contributed by atoms with van der Waals surface area (Å²) in [5.74, 6) is -0.413. The molecular formula is C13H20ClNO2. The van der Waals surface area contributed by atoms with Crippen molar-refractivity contribution in [1.82, 2.24) is 0 Å². The lowest BCUT2D eigenvalue weighted by atomic mass is 9.86. The summed E-state index contributed by atoms with van der Waals surface area (Å²) in [6, 6.07) is 7.06. The third-order valence-electron chi connectivity index (χ3n) is 2.59. The summed E-state index contributed by atoms with van der Waals surface area (Å²) in [7, 11) is 1.34. The Bertz CT molecular complexity index is 368. The van der Waals surface area contributed by atoms with Gasteiger partial charge in [-0.3, -0.25) is 4.79 Å². The number of hydrogen-bond donors (Lipinski definition) is 1. The van der Waals surface area contributed by atoms with Crippen LogP contribution in [0.1, 0.15) is 37.9 Å². The van der Waals surface area contributed by atoms with Gasteiger partial charge in [-0.1, -0.05) is 45.0 Å². The number of nitrogens with two attached hydrogens (primary N) is 1. The highest BCUT2D eigenvalue weighted by Gasteiger charge is 2.18. The van der Waals surface area contributed by atoms with E-state index < -0.39 is 12.0 Å². The molecule has 0 saturated carbocycles. The van der Waals surface area contributed by atoms with Gasteiger partial charge in [0.1, 0.15) is 6.04 Å². The lowest BCUT2D eigenvalue weighted by Crippen LogP contribution is -2.22. The van der Waals surface area contributed by atoms with Gasteiger partial charge in [0.15, 0.2) is 0 Å². The molecule has 0 radical (unpaired) electrons. The van der Waals surface area contributed by atoms with E-state index in [1.165, 1.54) is 12.7 Å². The van der Waals surface area contributed by atoms with E-state index in [1.807, 2.05) is 24.3 Å². The summed E-state index contributed by atoms with van der Waals surface area (Å²) in [5.41, 5.74) is 7.83. The Morgan fingerprint density at radius 1 is 1.24 bits per heavy atom. The van der Waals surface area contributed by atoms with Gasteiger partial charge in [0.05, 0.1) is 7.11 Å². The molecule has 1 atom stereocenters. The standard InChI is InChI=1S/C13H19NO2.ClH/c1-13(2,3)10-7-5-9(6-8-10)11(14)12(15)16-4;/h5-8,11H,14H2,1-4H3;1H. The first-order valence-electron chi connectivity index (χ1n) is 5.30. The smallest absolute Gasteiger partial charge is 0.327 e. The first kappa shape index (κ1) is 15.9. The van der Waals surface area contributed by atoms with Crippen LogP contribution in [0.4, 0.5) is 0 Å². The number of ether oxygens (including phenoxy) is 1. The summed E-state index contributed by atoms with van der Waals surface area (Å²) < 4.78 is 4.60. The molecule has 0 aliphatic rings. The van der Waals surface area contributed by atoms with Crippen LogP contribution >= 0.6 is 12.4 Å². The maximum atomic E-state index is 11.2. The van der Waals surface area contributed by atoms with E-state index in [4.69, 9.17) is 5.73 Å². The minimum absolute atomic E-state index is 0. The molecular weight excluding hydrogens is 238 g/mol. The average molecular weight is 258 g/mol. The van der Waals surface area contributed by atoms with Crippen LogP contribution in [-0.4, -0.2) is 13.1 Å². The highest BCUT2D eigenvalue weighted by Crippen LogP contribution is 2.23. The van der Waals surface area contributed by atoms with Crippen LogP contribution in [0.25, 0.3) is 0 Å². The van der Waals surface area contributed by atoms with Gasteiger partial charge in [-0.25, -0.2) is 0 Å². The fourth-order valence-electron chi connectivity index (χ4n) is 1.45. The van der Waals surface area contributed by atoms with E-state index in [0.717, 1.165) is 5.56 Å². The highest BCUT2D eigenvalue weighted by atomic mass is 35.5. The van der Waals surface area contributed by atoms with Gasteiger partial charge in [-0.15, -0.1) is 12.4 Å². The molecule has 0 saturated heterocycles. The molecule has 4 heteroatoms. The third-order valence-corrected chi connectivity index (χ3v) is 2.59. The van der Waals surface area contributed by atoms with Gasteiger partial charge >= 0.3 is 5.97 Å². The Morgan fingerprint density at radius 3 is 2.06 bits per heavy atom. The summed E-state index contributed by atoms with van der Waals surface area (Å²) in [6.07, 6.45) is 0. The zero-order chi connectivity index (χ0) is 12.3. The van der Waals surface area contributed by atoms with Crippen LogP contribution in [0, 0.1) is 0 Å². The predicted molar refractivity (Wildman–Crippen MR) is 71.3 cm³/mol. The Morgan fingerprint density at radius 2 is 1.71 bits per heavy atom. The quantitative estimate of drug-likeness (QED) is 0.829. The van der Waals surface area contributed by atoms with Crippen LogP contribution in [0.2, 0.25) is 0 Å². The first-order valence-corrected chi connectivity index (χ1v) is 5.30. The molecule has 0 bridgehead atoms. The van der Waals surface area contributed by atoms with Crippen molar-refractivity contribution in [2.24, 2.45) is 5.73 Å². The Labute approximate surface area is 109 Å². The molecule has 17 heavy (non-hydrogen) atoms. The summed E-state index contributed by atoms with van der Waals surface area (Å²) in [5, 5.41) is 0. The maximum Gasteiger partial charge on any atom is 0.327 e. The molecule has 1 aromatic rings. The van der Waals surface area contributed by atoms with Crippen LogP contribution < -0.4 is 5.73 Å². The minimum Gasteiger partial charge on any atom is -0.468 e. The van der Waals surface area contributed by atoms with Crippen molar-refractivity contribution in [2.45, 2.75) is 32.2 Å². The van der Waals surface area contributed by atoms with Gasteiger partial charge in [-0.05, 0) is 16.5 Å². The summed E-state index contributed by atoms with van der Waals surface area (Å²) in [6.45, 7) is 6.42. The van der Waals surface area contributed by atoms with E-state index in [-0.39, 0.29) is 17.8 Å². The van der Waals surface area contributed by atoms with E-state index in [0.29, 0.717) is 0 Å². The number of hydrogen-bond acceptors (Lipinski definition) is 3. The van der Waals surface area contributed by atoms with Gasteiger partial charge < -0.3 is 10.5 Å². The highest BCUT2D eigenvalue weighted by molar-refractivity contribution is 5.85. The Balaban J connectivity index is 0.00000256. The molecule has 0 amide bonds. The van der Waals surface area contributed by atoms with Crippen molar-refractivity contribution in [1.29, 1.82) is 0 Å². The third kappa shape index (κ3) is 4.02. The van der Waals surface area contributed by atoms with E-state index in [2.05, 4.69) is 25.5 Å². The monoisotopic (exact) mass is 257 g/mol. The lowest BCUT2D eigenvalue weighted by Gasteiger charge is -2.19. The van der Waals surface area contributed by atoms with Crippen LogP contribution in [0.5, 0.6) is 0 Å². The minimum atomic E-state index is -0.695. The molecule has 96 valence electrons. The number of rotatable bonds is 2. The zero-order valence-electron chi connectivity index (χ0n) is 10.7. The number of methoxy groups -OCH3 is 1. The number of benzene rings is 1. The summed E-state index contributed by atoms with van der Waals surface area (Å²) in [4.78, 5) is 11.2. The SMILES string of the molecule is COC(=O)C(N)c1ccc(C(C)(C)C)cc1.Cl. The van der Waals surface area contributed by atoms with E-state index in [9.17, 15) is 4.79 Å². The van der Waals surface area contributed by atoms with Crippen molar-refractivity contribution in [3.05, 3.63) is 35.4 Å². The molecule has 3 nitrogen and oxygen atoms in total. The number of esters is 1. The Kier molecular flexibility index (Phi) is 5.66. The Hall–Kier alpha value is -1.06. The predicted octanol–water partition coefficient (Wildman–Crippen LogP) is 2.58. The van der Waals surface area contributed by atoms with Crippen LogP contribution in [0.3, 0.4) is 0 Å². The molecule has 0 aromatic heterocycles. The number of halogens is 1. The second kappa shape index (κ2) is 6.03. The number of carbonyl (C=O) groups excluding carboxylic acids is 1. The van der Waals surface area contributed by atoms with Crippen molar-refractivity contribution in [3.63, 3.8) is 0 Å². The van der Waals surface area contributed by atoms with Gasteiger partial charge in [0.2, 0.25) is 0 Å². The topological polar surface area (TPSA) is 52.3 Å². The molecule has 0 heterocycles. The second-order valence-corrected chi connectivity index (χ2v) is 4.87. The normalized spacial score (nSPS) is 12.5. The average Bonchev–Trinajstić information content (AvgIpc) is 2.26. The molecule has 2 N–H and O–H groups in total. The fourth-order valence-corrected chi connectivity index (χ4v) is 1.45. The van der Waals surface area contributed by atoms with E-state index in [1.54, 1.807) is 0 Å². The molecule has 0 aliphatic heterocycles. The summed E-state index contributed by atoms with van der Waals surface area (Å²) >= 11 is 0. The van der Waals surface area contributed by atoms with Crippen molar-refractivity contribution >= 4 is 18.4 Å². The maximum absolute atomic E-state index is 11.2. The second-order valence-electron chi connectivity index (χ2n) is 4.87. The number of carbonyl (C=O) groups is 1. The van der Waals surface area contributed by atoms with Gasteiger partial charge in [-0.2, -0.15) is 0 Å². The van der Waals surface area contributed by atoms with Crippen LogP contribution in [0.15, 0.2) is 24.3 Å². The van der Waals surface area contributed by atoms with Gasteiger partial charge in [0, 0.05) is 0 Å². The molecule has 0 spiro atoms. The molecule has 0 fully saturated rings. The van der Waals surface area contributed by atoms with Crippen molar-refractivity contribution < 1.29 is 9.53 Å². The van der Waals surface area contributed by atoms with E-state index >= 15 is 0 Å². The molecule has 1 unspecified atom stereocenters. The molecule has 1 rings (SSSR count). The van der Waals surface area contributed by atoms with Crippen molar-refractivity contribution in [2.75, 3.05) is 7.11 Å². The largest absolute Gasteiger partial charge is 0.468 e. The fraction of sp³-hybridized carbons (Fsp3) is 0.462.